The van der Waals surface area contributed by atoms with Gasteiger partial charge in [-0.2, -0.15) is 5.26 Å². The normalized spacial score (nSPS) is 9.30. The number of hydrogen-bond acceptors (Lipinski definition) is 2. The summed E-state index contributed by atoms with van der Waals surface area (Å²) in [5, 5.41) is 8.59. The van der Waals surface area contributed by atoms with Crippen molar-refractivity contribution < 1.29 is 0 Å². The van der Waals surface area contributed by atoms with Gasteiger partial charge in [-0.25, -0.2) is 0 Å². The number of aromatic nitrogens is 1. The Morgan fingerprint density at radius 3 is 2.90 bits per heavy atom. The quantitative estimate of drug-likeness (QED) is 0.604. The molecule has 3 nitrogen and oxygen atoms in total. The molecule has 0 aliphatic heterocycles. The monoisotopic (exact) mass is 135 g/mol. The van der Waals surface area contributed by atoms with Crippen molar-refractivity contribution in [2.24, 2.45) is 12.8 Å². The topological polar surface area (TPSA) is 54.7 Å². The van der Waals surface area contributed by atoms with Gasteiger partial charge in [-0.3, -0.25) is 0 Å². The predicted molar refractivity (Wildman–Crippen MR) is 38.0 cm³/mol. The molecule has 1 heterocycles. The maximum atomic E-state index is 8.59. The highest BCUT2D eigenvalue weighted by Crippen LogP contribution is 2.06. The third-order valence-electron chi connectivity index (χ3n) is 1.48. The molecule has 1 aromatic heterocycles. The zero-order valence-corrected chi connectivity index (χ0v) is 5.83. The second-order valence-electron chi connectivity index (χ2n) is 2.12. The maximum Gasteiger partial charge on any atom is 0.124 e. The lowest BCUT2D eigenvalue weighted by molar-refractivity contribution is 0.894. The van der Waals surface area contributed by atoms with Crippen molar-refractivity contribution in [1.29, 1.82) is 5.26 Å². The Morgan fingerprint density at radius 2 is 2.50 bits per heavy atom. The molecule has 0 bridgehead atoms. The number of hydrogen-bond donors (Lipinski definition) is 1. The van der Waals surface area contributed by atoms with Crippen molar-refractivity contribution in [3.8, 4) is 6.07 Å². The van der Waals surface area contributed by atoms with Crippen molar-refractivity contribution in [2.75, 3.05) is 0 Å². The van der Waals surface area contributed by atoms with Crippen LogP contribution in [0.5, 0.6) is 0 Å². The molecule has 1 rings (SSSR count). The highest BCUT2D eigenvalue weighted by molar-refractivity contribution is 5.32. The van der Waals surface area contributed by atoms with Crippen molar-refractivity contribution in [1.82, 2.24) is 4.57 Å². The van der Waals surface area contributed by atoms with Crippen LogP contribution < -0.4 is 5.73 Å². The fourth-order valence-electron chi connectivity index (χ4n) is 0.897. The Balaban J connectivity index is 3.17. The van der Waals surface area contributed by atoms with E-state index in [-0.39, 0.29) is 0 Å². The van der Waals surface area contributed by atoms with E-state index in [4.69, 9.17) is 11.0 Å². The molecule has 52 valence electrons. The lowest BCUT2D eigenvalue weighted by atomic mass is 10.2. The SMILES string of the molecule is Cn1ccc(CN)c1C#N. The molecule has 0 spiro atoms. The summed E-state index contributed by atoms with van der Waals surface area (Å²) < 4.78 is 1.77. The molecule has 0 fully saturated rings. The zero-order chi connectivity index (χ0) is 7.56. The van der Waals surface area contributed by atoms with Crippen LogP contribution in [0.25, 0.3) is 0 Å². The van der Waals surface area contributed by atoms with Crippen LogP contribution in [0.15, 0.2) is 12.3 Å². The van der Waals surface area contributed by atoms with Crippen molar-refractivity contribution in [3.05, 3.63) is 23.5 Å². The second kappa shape index (κ2) is 2.54. The van der Waals surface area contributed by atoms with E-state index >= 15 is 0 Å². The van der Waals surface area contributed by atoms with Gasteiger partial charge in [-0.1, -0.05) is 0 Å². The van der Waals surface area contributed by atoms with Gasteiger partial charge in [-0.05, 0) is 6.07 Å². The molecule has 0 aliphatic rings. The van der Waals surface area contributed by atoms with Crippen LogP contribution in [-0.2, 0) is 13.6 Å². The summed E-state index contributed by atoms with van der Waals surface area (Å²) in [6.45, 7) is 0.434. The molecular formula is C7H9N3. The Hall–Kier alpha value is -1.27. The number of nitrogens with two attached hydrogens (primary N) is 1. The van der Waals surface area contributed by atoms with Crippen molar-refractivity contribution in [3.63, 3.8) is 0 Å². The molecule has 0 aromatic carbocycles. The van der Waals surface area contributed by atoms with E-state index in [1.165, 1.54) is 0 Å². The smallest absolute Gasteiger partial charge is 0.124 e. The average molecular weight is 135 g/mol. The number of rotatable bonds is 1. The van der Waals surface area contributed by atoms with E-state index in [0.717, 1.165) is 5.56 Å². The van der Waals surface area contributed by atoms with E-state index < -0.39 is 0 Å². The molecule has 0 unspecified atom stereocenters. The molecule has 0 aliphatic carbocycles. The molecule has 10 heavy (non-hydrogen) atoms. The van der Waals surface area contributed by atoms with Crippen LogP contribution >= 0.6 is 0 Å². The molecule has 2 N–H and O–H groups in total. The average Bonchev–Trinajstić information content (AvgIpc) is 2.30. The number of nitrogens with zero attached hydrogens (tertiary/aromatic N) is 2. The minimum absolute atomic E-state index is 0.434. The molecular weight excluding hydrogens is 126 g/mol. The fourth-order valence-corrected chi connectivity index (χ4v) is 0.897. The first kappa shape index (κ1) is 6.84. The minimum Gasteiger partial charge on any atom is -0.342 e. The molecule has 0 saturated heterocycles. The third kappa shape index (κ3) is 0.893. The van der Waals surface area contributed by atoms with E-state index in [1.807, 2.05) is 19.3 Å². The number of aryl methyl sites for hydroxylation is 1. The van der Waals surface area contributed by atoms with E-state index in [2.05, 4.69) is 6.07 Å². The van der Waals surface area contributed by atoms with Gasteiger partial charge in [0.2, 0.25) is 0 Å². The zero-order valence-electron chi connectivity index (χ0n) is 5.83. The molecule has 1 aromatic rings. The van der Waals surface area contributed by atoms with Gasteiger partial charge in [-0.15, -0.1) is 0 Å². The fraction of sp³-hybridized carbons (Fsp3) is 0.286. The summed E-state index contributed by atoms with van der Waals surface area (Å²) >= 11 is 0. The molecule has 0 saturated carbocycles. The van der Waals surface area contributed by atoms with Crippen LogP contribution in [0, 0.1) is 11.3 Å². The van der Waals surface area contributed by atoms with E-state index in [0.29, 0.717) is 12.2 Å². The van der Waals surface area contributed by atoms with Gasteiger partial charge in [0.25, 0.3) is 0 Å². The third-order valence-corrected chi connectivity index (χ3v) is 1.48. The largest absolute Gasteiger partial charge is 0.342 e. The van der Waals surface area contributed by atoms with Crippen LogP contribution in [0.3, 0.4) is 0 Å². The van der Waals surface area contributed by atoms with Gasteiger partial charge in [0.1, 0.15) is 11.8 Å². The summed E-state index contributed by atoms with van der Waals surface area (Å²) in [5.74, 6) is 0. The first-order valence-corrected chi connectivity index (χ1v) is 3.04. The number of nitriles is 1. The van der Waals surface area contributed by atoms with Crippen LogP contribution in [0.4, 0.5) is 0 Å². The van der Waals surface area contributed by atoms with Gasteiger partial charge in [0.15, 0.2) is 0 Å². The van der Waals surface area contributed by atoms with Crippen LogP contribution in [0.1, 0.15) is 11.3 Å². The summed E-state index contributed by atoms with van der Waals surface area (Å²) in [4.78, 5) is 0. The highest BCUT2D eigenvalue weighted by Gasteiger charge is 2.01. The summed E-state index contributed by atoms with van der Waals surface area (Å²) in [5.41, 5.74) is 6.94. The lowest BCUT2D eigenvalue weighted by Crippen LogP contribution is -1.99. The lowest BCUT2D eigenvalue weighted by Gasteiger charge is -1.93. The minimum atomic E-state index is 0.434. The van der Waals surface area contributed by atoms with Gasteiger partial charge >= 0.3 is 0 Å². The molecule has 3 heteroatoms. The first-order valence-electron chi connectivity index (χ1n) is 3.04. The maximum absolute atomic E-state index is 8.59. The predicted octanol–water partition coefficient (Wildman–Crippen LogP) is 0.355. The van der Waals surface area contributed by atoms with E-state index in [9.17, 15) is 0 Å². The van der Waals surface area contributed by atoms with Gasteiger partial charge in [0, 0.05) is 25.4 Å². The van der Waals surface area contributed by atoms with Crippen LogP contribution in [-0.4, -0.2) is 4.57 Å². The van der Waals surface area contributed by atoms with E-state index in [1.54, 1.807) is 4.57 Å². The Morgan fingerprint density at radius 1 is 1.80 bits per heavy atom. The summed E-state index contributed by atoms with van der Waals surface area (Å²) in [6.07, 6.45) is 1.83. The van der Waals surface area contributed by atoms with Crippen molar-refractivity contribution >= 4 is 0 Å². The summed E-state index contributed by atoms with van der Waals surface area (Å²) in [6, 6.07) is 3.94. The molecule has 0 radical (unpaired) electrons. The highest BCUT2D eigenvalue weighted by atomic mass is 14.9. The van der Waals surface area contributed by atoms with Crippen LogP contribution in [0.2, 0.25) is 0 Å². The van der Waals surface area contributed by atoms with Gasteiger partial charge < -0.3 is 10.3 Å². The van der Waals surface area contributed by atoms with Gasteiger partial charge in [0.05, 0.1) is 0 Å². The first-order chi connectivity index (χ1) is 4.79. The molecule has 0 atom stereocenters. The standard InChI is InChI=1S/C7H9N3/c1-10-3-2-6(4-8)7(10)5-9/h2-3H,4,8H2,1H3. The summed E-state index contributed by atoms with van der Waals surface area (Å²) in [7, 11) is 1.83. The molecule has 0 amide bonds. The second-order valence-corrected chi connectivity index (χ2v) is 2.12. The Kier molecular flexibility index (Phi) is 1.74. The van der Waals surface area contributed by atoms with Crippen molar-refractivity contribution in [2.45, 2.75) is 6.54 Å². The Bertz CT molecular complexity index is 267. The Labute approximate surface area is 59.7 Å².